The van der Waals surface area contributed by atoms with E-state index in [0.717, 1.165) is 12.8 Å². The minimum Gasteiger partial charge on any atom is -0.202 e. The maximum absolute atomic E-state index is 11.4. The summed E-state index contributed by atoms with van der Waals surface area (Å²) in [7, 11) is -0.290. The van der Waals surface area contributed by atoms with Crippen LogP contribution in [0.5, 0.6) is 0 Å². The van der Waals surface area contributed by atoms with E-state index in [0.29, 0.717) is 12.4 Å². The number of nitrogens with zero attached hydrogens (tertiary/aromatic N) is 1. The minimum absolute atomic E-state index is 0.0576. The van der Waals surface area contributed by atoms with Crippen LogP contribution in [0.3, 0.4) is 0 Å². The fourth-order valence-corrected chi connectivity index (χ4v) is 2.01. The average Bonchev–Trinajstić information content (AvgIpc) is 2.12. The Balaban J connectivity index is 4.14. The topological polar surface area (TPSA) is 49.4 Å². The molecule has 0 saturated heterocycles. The summed E-state index contributed by atoms with van der Waals surface area (Å²) >= 11 is 5.60. The SMILES string of the molecule is CN(C)S(=O)(=O)NCC(C)(C)CCCCl. The zero-order chi connectivity index (χ0) is 12.1. The fraction of sp³-hybridized carbons (Fsp3) is 1.00. The Bertz CT molecular complexity index is 276. The van der Waals surface area contributed by atoms with Crippen molar-refractivity contribution in [2.75, 3.05) is 26.5 Å². The predicted molar refractivity (Wildman–Crippen MR) is 64.3 cm³/mol. The summed E-state index contributed by atoms with van der Waals surface area (Å²) in [5, 5.41) is 0. The maximum Gasteiger partial charge on any atom is 0.278 e. The molecular weight excluding hydrogens is 236 g/mol. The molecule has 0 unspecified atom stereocenters. The van der Waals surface area contributed by atoms with Gasteiger partial charge in [0.25, 0.3) is 10.2 Å². The van der Waals surface area contributed by atoms with Gasteiger partial charge < -0.3 is 0 Å². The highest BCUT2D eigenvalue weighted by Gasteiger charge is 2.21. The molecule has 0 rings (SSSR count). The molecule has 0 aliphatic heterocycles. The van der Waals surface area contributed by atoms with Gasteiger partial charge in [-0.25, -0.2) is 4.72 Å². The van der Waals surface area contributed by atoms with Crippen LogP contribution in [0.25, 0.3) is 0 Å². The molecule has 0 aromatic carbocycles. The summed E-state index contributed by atoms with van der Waals surface area (Å²) in [5.41, 5.74) is -0.0576. The predicted octanol–water partition coefficient (Wildman–Crippen LogP) is 1.43. The van der Waals surface area contributed by atoms with Crippen molar-refractivity contribution in [1.29, 1.82) is 0 Å². The minimum atomic E-state index is -3.31. The van der Waals surface area contributed by atoms with Crippen LogP contribution in [-0.2, 0) is 10.2 Å². The van der Waals surface area contributed by atoms with Gasteiger partial charge >= 0.3 is 0 Å². The Labute approximate surface area is 98.2 Å². The zero-order valence-electron chi connectivity index (χ0n) is 9.88. The second-order valence-corrected chi connectivity index (χ2v) is 6.91. The van der Waals surface area contributed by atoms with Crippen LogP contribution >= 0.6 is 11.6 Å². The first kappa shape index (κ1) is 15.2. The maximum atomic E-state index is 11.4. The van der Waals surface area contributed by atoms with E-state index in [1.54, 1.807) is 0 Å². The van der Waals surface area contributed by atoms with Crippen molar-refractivity contribution in [2.45, 2.75) is 26.7 Å². The molecule has 0 radical (unpaired) electrons. The Hall–Kier alpha value is 0.160. The smallest absolute Gasteiger partial charge is 0.202 e. The van der Waals surface area contributed by atoms with Crippen molar-refractivity contribution in [1.82, 2.24) is 9.03 Å². The molecule has 0 aliphatic carbocycles. The lowest BCUT2D eigenvalue weighted by atomic mass is 9.88. The summed E-state index contributed by atoms with van der Waals surface area (Å²) in [6, 6.07) is 0. The molecule has 0 aromatic rings. The van der Waals surface area contributed by atoms with Crippen LogP contribution in [0.4, 0.5) is 0 Å². The molecule has 15 heavy (non-hydrogen) atoms. The highest BCUT2D eigenvalue weighted by molar-refractivity contribution is 7.87. The second-order valence-electron chi connectivity index (χ2n) is 4.57. The number of hydrogen-bond donors (Lipinski definition) is 1. The quantitative estimate of drug-likeness (QED) is 0.701. The van der Waals surface area contributed by atoms with E-state index in [9.17, 15) is 8.42 Å². The van der Waals surface area contributed by atoms with Gasteiger partial charge in [-0.3, -0.25) is 0 Å². The molecule has 0 aromatic heterocycles. The number of hydrogen-bond acceptors (Lipinski definition) is 2. The first-order chi connectivity index (χ1) is 6.71. The normalized spacial score (nSPS) is 13.5. The van der Waals surface area contributed by atoms with Gasteiger partial charge in [0.1, 0.15) is 0 Å². The van der Waals surface area contributed by atoms with Crippen molar-refractivity contribution in [3.05, 3.63) is 0 Å². The number of halogens is 1. The highest BCUT2D eigenvalue weighted by Crippen LogP contribution is 2.21. The van der Waals surface area contributed by atoms with E-state index in [-0.39, 0.29) is 5.41 Å². The summed E-state index contributed by atoms with van der Waals surface area (Å²) in [6.07, 6.45) is 1.81. The molecular formula is C9H21ClN2O2S. The summed E-state index contributed by atoms with van der Waals surface area (Å²) in [6.45, 7) is 4.49. The molecule has 0 fully saturated rings. The highest BCUT2D eigenvalue weighted by atomic mass is 35.5. The van der Waals surface area contributed by atoms with E-state index in [2.05, 4.69) is 4.72 Å². The van der Waals surface area contributed by atoms with Crippen LogP contribution in [0.1, 0.15) is 26.7 Å². The summed E-state index contributed by atoms with van der Waals surface area (Å²) in [4.78, 5) is 0. The molecule has 0 spiro atoms. The first-order valence-corrected chi connectivity index (χ1v) is 6.92. The second kappa shape index (κ2) is 6.03. The van der Waals surface area contributed by atoms with Crippen molar-refractivity contribution >= 4 is 21.8 Å². The van der Waals surface area contributed by atoms with Gasteiger partial charge in [-0.2, -0.15) is 12.7 Å². The molecule has 4 nitrogen and oxygen atoms in total. The van der Waals surface area contributed by atoms with E-state index in [1.165, 1.54) is 18.4 Å². The molecule has 1 N–H and O–H groups in total. The zero-order valence-corrected chi connectivity index (χ0v) is 11.5. The number of rotatable bonds is 7. The molecule has 0 atom stereocenters. The van der Waals surface area contributed by atoms with Gasteiger partial charge in [-0.05, 0) is 18.3 Å². The lowest BCUT2D eigenvalue weighted by Gasteiger charge is -2.25. The summed E-state index contributed by atoms with van der Waals surface area (Å²) in [5.74, 6) is 0.615. The third kappa shape index (κ3) is 6.35. The Morgan fingerprint density at radius 1 is 1.33 bits per heavy atom. The van der Waals surface area contributed by atoms with Crippen molar-refractivity contribution < 1.29 is 8.42 Å². The van der Waals surface area contributed by atoms with Crippen LogP contribution in [-0.4, -0.2) is 39.2 Å². The van der Waals surface area contributed by atoms with E-state index in [1.807, 2.05) is 13.8 Å². The van der Waals surface area contributed by atoms with Crippen LogP contribution < -0.4 is 4.72 Å². The van der Waals surface area contributed by atoms with Crippen molar-refractivity contribution in [3.8, 4) is 0 Å². The lowest BCUT2D eigenvalue weighted by Crippen LogP contribution is -2.40. The van der Waals surface area contributed by atoms with Crippen LogP contribution in [0.2, 0.25) is 0 Å². The van der Waals surface area contributed by atoms with Gasteiger partial charge in [0, 0.05) is 26.5 Å². The number of nitrogens with one attached hydrogen (secondary N) is 1. The molecule has 0 amide bonds. The van der Waals surface area contributed by atoms with Gasteiger partial charge in [-0.15, -0.1) is 11.6 Å². The first-order valence-electron chi connectivity index (χ1n) is 4.94. The Morgan fingerprint density at radius 2 is 1.87 bits per heavy atom. The molecule has 92 valence electrons. The molecule has 6 heteroatoms. The summed E-state index contributed by atoms with van der Waals surface area (Å²) < 4.78 is 26.6. The van der Waals surface area contributed by atoms with E-state index in [4.69, 9.17) is 11.6 Å². The van der Waals surface area contributed by atoms with Crippen molar-refractivity contribution in [2.24, 2.45) is 5.41 Å². The molecule has 0 heterocycles. The van der Waals surface area contributed by atoms with Crippen LogP contribution in [0, 0.1) is 5.41 Å². The molecule has 0 aliphatic rings. The number of alkyl halides is 1. The Morgan fingerprint density at radius 3 is 2.27 bits per heavy atom. The lowest BCUT2D eigenvalue weighted by molar-refractivity contribution is 0.328. The standard InChI is InChI=1S/C9H21ClN2O2S/c1-9(2,6-5-7-10)8-11-15(13,14)12(3)4/h11H,5-8H2,1-4H3. The van der Waals surface area contributed by atoms with Gasteiger partial charge in [0.15, 0.2) is 0 Å². The van der Waals surface area contributed by atoms with E-state index < -0.39 is 10.2 Å². The Kier molecular flexibility index (Phi) is 6.10. The largest absolute Gasteiger partial charge is 0.278 e. The fourth-order valence-electron chi connectivity index (χ4n) is 1.05. The van der Waals surface area contributed by atoms with Crippen molar-refractivity contribution in [3.63, 3.8) is 0 Å². The van der Waals surface area contributed by atoms with E-state index >= 15 is 0 Å². The molecule has 0 bridgehead atoms. The third-order valence-electron chi connectivity index (χ3n) is 2.20. The average molecular weight is 257 g/mol. The molecule has 0 saturated carbocycles. The monoisotopic (exact) mass is 256 g/mol. The van der Waals surface area contributed by atoms with Gasteiger partial charge in [0.2, 0.25) is 0 Å². The third-order valence-corrected chi connectivity index (χ3v) is 3.94. The van der Waals surface area contributed by atoms with Gasteiger partial charge in [-0.1, -0.05) is 13.8 Å². The van der Waals surface area contributed by atoms with Crippen LogP contribution in [0.15, 0.2) is 0 Å². The van der Waals surface area contributed by atoms with Gasteiger partial charge in [0.05, 0.1) is 0 Å².